The van der Waals surface area contributed by atoms with Gasteiger partial charge in [-0.25, -0.2) is 0 Å². The van der Waals surface area contributed by atoms with Crippen molar-refractivity contribution in [1.29, 1.82) is 0 Å². The molecule has 0 aromatic heterocycles. The highest BCUT2D eigenvalue weighted by molar-refractivity contribution is 7.80. The minimum Gasteiger partial charge on any atom is -0.389 e. The van der Waals surface area contributed by atoms with E-state index in [9.17, 15) is 0 Å². The van der Waals surface area contributed by atoms with Crippen LogP contribution >= 0.6 is 12.2 Å². The molecule has 1 aliphatic rings. The smallest absolute Gasteiger partial charge is 0.103 e. The summed E-state index contributed by atoms with van der Waals surface area (Å²) in [5.74, 6) is 1.62. The lowest BCUT2D eigenvalue weighted by atomic mass is 10.0. The van der Waals surface area contributed by atoms with Crippen molar-refractivity contribution < 1.29 is 0 Å². The summed E-state index contributed by atoms with van der Waals surface area (Å²) in [4.78, 5) is 2.99. The Kier molecular flexibility index (Phi) is 3.79. The number of hydrogen-bond acceptors (Lipinski definition) is 2. The summed E-state index contributed by atoms with van der Waals surface area (Å²) in [6.07, 6.45) is 0. The molecule has 2 nitrogen and oxygen atoms in total. The van der Waals surface area contributed by atoms with E-state index in [1.807, 2.05) is 12.1 Å². The third-order valence-electron chi connectivity index (χ3n) is 3.71. The Labute approximate surface area is 109 Å². The zero-order valence-corrected chi connectivity index (χ0v) is 11.3. The first-order valence-corrected chi connectivity index (χ1v) is 6.58. The minimum absolute atomic E-state index is 0.472. The van der Waals surface area contributed by atoms with Gasteiger partial charge in [-0.2, -0.15) is 0 Å². The Hall–Kier alpha value is -0.930. The molecule has 1 aliphatic heterocycles. The number of nitrogens with two attached hydrogens (primary N) is 1. The van der Waals surface area contributed by atoms with E-state index in [1.54, 1.807) is 0 Å². The van der Waals surface area contributed by atoms with Crippen molar-refractivity contribution >= 4 is 17.2 Å². The lowest BCUT2D eigenvalue weighted by molar-refractivity contribution is 0.316. The van der Waals surface area contributed by atoms with Crippen LogP contribution in [0, 0.1) is 11.8 Å². The van der Waals surface area contributed by atoms with Gasteiger partial charge < -0.3 is 5.73 Å². The van der Waals surface area contributed by atoms with Crippen LogP contribution in [0.4, 0.5) is 0 Å². The molecule has 1 heterocycles. The number of thiocarbonyl (C=S) groups is 1. The van der Waals surface area contributed by atoms with Gasteiger partial charge in [-0.15, -0.1) is 0 Å². The number of rotatable bonds is 3. The van der Waals surface area contributed by atoms with Crippen LogP contribution < -0.4 is 5.73 Å². The van der Waals surface area contributed by atoms with Crippen molar-refractivity contribution in [3.05, 3.63) is 35.4 Å². The predicted molar refractivity (Wildman–Crippen MR) is 75.9 cm³/mol. The van der Waals surface area contributed by atoms with Gasteiger partial charge in [0.25, 0.3) is 0 Å². The second kappa shape index (κ2) is 5.15. The molecular formula is C14H20N2S. The topological polar surface area (TPSA) is 29.3 Å². The molecule has 3 heteroatoms. The number of benzene rings is 1. The lowest BCUT2D eigenvalue weighted by Gasteiger charge is -2.15. The van der Waals surface area contributed by atoms with Crippen LogP contribution in [0.2, 0.25) is 0 Å². The largest absolute Gasteiger partial charge is 0.389 e. The maximum atomic E-state index is 5.58. The monoisotopic (exact) mass is 248 g/mol. The summed E-state index contributed by atoms with van der Waals surface area (Å²) in [5, 5.41) is 0. The SMILES string of the molecule is CC1CN(Cc2ccc(C(N)=S)cc2)CC1C. The fourth-order valence-electron chi connectivity index (χ4n) is 2.41. The summed E-state index contributed by atoms with van der Waals surface area (Å²) in [6, 6.07) is 8.28. The van der Waals surface area contributed by atoms with E-state index in [4.69, 9.17) is 18.0 Å². The number of hydrogen-bond donors (Lipinski definition) is 1. The first-order valence-electron chi connectivity index (χ1n) is 6.17. The molecule has 0 amide bonds. The van der Waals surface area contributed by atoms with Crippen LogP contribution in [0.1, 0.15) is 25.0 Å². The van der Waals surface area contributed by atoms with Crippen molar-refractivity contribution in [2.75, 3.05) is 13.1 Å². The van der Waals surface area contributed by atoms with Crippen molar-refractivity contribution in [2.45, 2.75) is 20.4 Å². The van der Waals surface area contributed by atoms with Crippen LogP contribution in [-0.4, -0.2) is 23.0 Å². The van der Waals surface area contributed by atoms with Gasteiger partial charge in [0.05, 0.1) is 0 Å². The van der Waals surface area contributed by atoms with E-state index in [0.717, 1.165) is 23.9 Å². The van der Waals surface area contributed by atoms with E-state index in [-0.39, 0.29) is 0 Å². The van der Waals surface area contributed by atoms with Gasteiger partial charge in [0.2, 0.25) is 0 Å². The fraction of sp³-hybridized carbons (Fsp3) is 0.500. The fourth-order valence-corrected chi connectivity index (χ4v) is 2.55. The van der Waals surface area contributed by atoms with E-state index < -0.39 is 0 Å². The maximum Gasteiger partial charge on any atom is 0.103 e. The van der Waals surface area contributed by atoms with Crippen LogP contribution in [0.25, 0.3) is 0 Å². The van der Waals surface area contributed by atoms with Gasteiger partial charge in [-0.3, -0.25) is 4.90 Å². The third kappa shape index (κ3) is 3.05. The van der Waals surface area contributed by atoms with Crippen molar-refractivity contribution in [3.63, 3.8) is 0 Å². The molecule has 1 saturated heterocycles. The van der Waals surface area contributed by atoms with Crippen molar-refractivity contribution in [3.8, 4) is 0 Å². The average Bonchev–Trinajstić information content (AvgIpc) is 2.58. The van der Waals surface area contributed by atoms with Crippen LogP contribution in [0.3, 0.4) is 0 Å². The summed E-state index contributed by atoms with van der Waals surface area (Å²) in [5.41, 5.74) is 7.87. The Bertz CT molecular complexity index is 389. The molecule has 2 rings (SSSR count). The second-order valence-corrected chi connectivity index (χ2v) is 5.65. The molecule has 2 atom stereocenters. The van der Waals surface area contributed by atoms with Crippen LogP contribution in [0.15, 0.2) is 24.3 Å². The van der Waals surface area contributed by atoms with Gasteiger partial charge in [0.1, 0.15) is 4.99 Å². The van der Waals surface area contributed by atoms with Gasteiger partial charge in [0.15, 0.2) is 0 Å². The highest BCUT2D eigenvalue weighted by Gasteiger charge is 2.25. The van der Waals surface area contributed by atoms with E-state index in [2.05, 4.69) is 30.9 Å². The summed E-state index contributed by atoms with van der Waals surface area (Å²) in [7, 11) is 0. The second-order valence-electron chi connectivity index (χ2n) is 5.21. The highest BCUT2D eigenvalue weighted by atomic mass is 32.1. The van der Waals surface area contributed by atoms with Gasteiger partial charge in [0, 0.05) is 25.2 Å². The summed E-state index contributed by atoms with van der Waals surface area (Å²) >= 11 is 4.95. The molecule has 0 aliphatic carbocycles. The molecule has 2 unspecified atom stereocenters. The highest BCUT2D eigenvalue weighted by Crippen LogP contribution is 2.23. The van der Waals surface area contributed by atoms with Gasteiger partial charge >= 0.3 is 0 Å². The van der Waals surface area contributed by atoms with Gasteiger partial charge in [-0.05, 0) is 17.4 Å². The number of likely N-dealkylation sites (tertiary alicyclic amines) is 1. The molecule has 0 saturated carbocycles. The Morgan fingerprint density at radius 3 is 2.24 bits per heavy atom. The molecule has 17 heavy (non-hydrogen) atoms. The predicted octanol–water partition coefficient (Wildman–Crippen LogP) is 2.41. The Morgan fingerprint density at radius 2 is 1.76 bits per heavy atom. The van der Waals surface area contributed by atoms with E-state index in [0.29, 0.717) is 4.99 Å². The minimum atomic E-state index is 0.472. The number of nitrogens with zero attached hydrogens (tertiary/aromatic N) is 1. The Balaban J connectivity index is 1.98. The first kappa shape index (κ1) is 12.5. The molecule has 0 bridgehead atoms. The third-order valence-corrected chi connectivity index (χ3v) is 3.94. The quantitative estimate of drug-likeness (QED) is 0.833. The molecular weight excluding hydrogens is 228 g/mol. The molecule has 1 aromatic rings. The summed E-state index contributed by atoms with van der Waals surface area (Å²) < 4.78 is 0. The van der Waals surface area contributed by atoms with E-state index >= 15 is 0 Å². The van der Waals surface area contributed by atoms with Gasteiger partial charge in [-0.1, -0.05) is 50.3 Å². The lowest BCUT2D eigenvalue weighted by Crippen LogP contribution is -2.20. The molecule has 92 valence electrons. The normalized spacial score (nSPS) is 25.1. The molecule has 1 fully saturated rings. The van der Waals surface area contributed by atoms with Crippen LogP contribution in [-0.2, 0) is 6.54 Å². The summed E-state index contributed by atoms with van der Waals surface area (Å²) in [6.45, 7) is 8.12. The zero-order chi connectivity index (χ0) is 12.4. The maximum absolute atomic E-state index is 5.58. The van der Waals surface area contributed by atoms with Crippen molar-refractivity contribution in [2.24, 2.45) is 17.6 Å². The molecule has 0 radical (unpaired) electrons. The van der Waals surface area contributed by atoms with Crippen LogP contribution in [0.5, 0.6) is 0 Å². The first-order chi connectivity index (χ1) is 8.06. The average molecular weight is 248 g/mol. The zero-order valence-electron chi connectivity index (χ0n) is 10.5. The van der Waals surface area contributed by atoms with E-state index in [1.165, 1.54) is 18.7 Å². The molecule has 1 aromatic carbocycles. The van der Waals surface area contributed by atoms with Crippen molar-refractivity contribution in [1.82, 2.24) is 4.90 Å². The molecule has 0 spiro atoms. The Morgan fingerprint density at radius 1 is 1.24 bits per heavy atom. The standard InChI is InChI=1S/C14H20N2S/c1-10-7-16(8-11(10)2)9-12-3-5-13(6-4-12)14(15)17/h3-6,10-11H,7-9H2,1-2H3,(H2,15,17). The molecule has 2 N–H and O–H groups in total.